The van der Waals surface area contributed by atoms with Crippen molar-refractivity contribution in [1.82, 2.24) is 4.31 Å². The van der Waals surface area contributed by atoms with Crippen LogP contribution in [-0.2, 0) is 15.0 Å². The van der Waals surface area contributed by atoms with E-state index < -0.39 is 10.2 Å². The molecule has 8 nitrogen and oxygen atoms in total. The van der Waals surface area contributed by atoms with Crippen LogP contribution in [0.4, 0.5) is 5.69 Å². The maximum Gasteiger partial charge on any atom is 0.276 e. The number of nitrogens with zero attached hydrogens (tertiary/aromatic N) is 1. The fourth-order valence-corrected chi connectivity index (χ4v) is 3.44. The first kappa shape index (κ1) is 18.5. The lowest BCUT2D eigenvalue weighted by Gasteiger charge is -2.29. The molecule has 1 fully saturated rings. The summed E-state index contributed by atoms with van der Waals surface area (Å²) in [6.45, 7) is 2.37. The van der Waals surface area contributed by atoms with Gasteiger partial charge >= 0.3 is 0 Å². The first-order valence-corrected chi connectivity index (χ1v) is 9.08. The van der Waals surface area contributed by atoms with Gasteiger partial charge in [0, 0.05) is 30.8 Å². The van der Waals surface area contributed by atoms with Crippen molar-refractivity contribution in [3.05, 3.63) is 17.7 Å². The fraction of sp³-hybridized carbons (Fsp3) is 0.533. The summed E-state index contributed by atoms with van der Waals surface area (Å²) >= 11 is 0. The van der Waals surface area contributed by atoms with E-state index in [-0.39, 0.29) is 24.9 Å². The molecular weight excluding hydrogens is 334 g/mol. The monoisotopic (exact) mass is 357 g/mol. The molecule has 0 spiro atoms. The van der Waals surface area contributed by atoms with Gasteiger partial charge < -0.3 is 14.8 Å². The lowest BCUT2D eigenvalue weighted by molar-refractivity contribution is -0.120. The average Bonchev–Trinajstić information content (AvgIpc) is 2.55. The predicted octanol–water partition coefficient (Wildman–Crippen LogP) is 0.866. The highest BCUT2D eigenvalue weighted by molar-refractivity contribution is 7.86. The van der Waals surface area contributed by atoms with Crippen LogP contribution in [0.5, 0.6) is 11.5 Å². The molecule has 0 bridgehead atoms. The van der Waals surface area contributed by atoms with E-state index >= 15 is 0 Å². The third-order valence-electron chi connectivity index (χ3n) is 4.17. The summed E-state index contributed by atoms with van der Waals surface area (Å²) < 4.78 is 34.3. The zero-order valence-electron chi connectivity index (χ0n) is 14.0. The van der Waals surface area contributed by atoms with Crippen molar-refractivity contribution >= 4 is 21.8 Å². The summed E-state index contributed by atoms with van der Waals surface area (Å²) in [7, 11) is -0.606. The van der Waals surface area contributed by atoms with Crippen LogP contribution < -0.4 is 19.9 Å². The molecule has 1 aromatic rings. The summed E-state index contributed by atoms with van der Waals surface area (Å²) in [4.78, 5) is 12.4. The van der Waals surface area contributed by atoms with E-state index in [0.29, 0.717) is 30.0 Å². The molecule has 1 heterocycles. The number of anilines is 1. The molecule has 0 radical (unpaired) electrons. The number of rotatable bonds is 5. The first-order chi connectivity index (χ1) is 11.3. The highest BCUT2D eigenvalue weighted by Gasteiger charge is 2.29. The zero-order valence-corrected chi connectivity index (χ0v) is 14.9. The maximum absolute atomic E-state index is 12.4. The second-order valence-corrected chi connectivity index (χ2v) is 7.28. The number of aryl methyl sites for hydroxylation is 1. The Morgan fingerprint density at radius 2 is 1.75 bits per heavy atom. The Morgan fingerprint density at radius 1 is 1.21 bits per heavy atom. The second-order valence-electron chi connectivity index (χ2n) is 5.73. The topological polar surface area (TPSA) is 111 Å². The number of amides is 1. The van der Waals surface area contributed by atoms with Crippen LogP contribution in [0.2, 0.25) is 0 Å². The third kappa shape index (κ3) is 4.16. The standard InChI is InChI=1S/C15H23N3O5S/c1-10-8-13(22-2)14(23-3)9-12(10)17-15(19)11-4-6-18(7-5-11)24(16,20)21/h8-9,11H,4-7H2,1-3H3,(H,17,19)(H2,16,20,21). The minimum Gasteiger partial charge on any atom is -0.493 e. The third-order valence-corrected chi connectivity index (χ3v) is 5.26. The van der Waals surface area contributed by atoms with Gasteiger partial charge in [0.1, 0.15) is 0 Å². The van der Waals surface area contributed by atoms with Crippen LogP contribution in [0.25, 0.3) is 0 Å². The van der Waals surface area contributed by atoms with Gasteiger partial charge in [-0.2, -0.15) is 12.7 Å². The minimum atomic E-state index is -3.69. The van der Waals surface area contributed by atoms with Crippen molar-refractivity contribution < 1.29 is 22.7 Å². The van der Waals surface area contributed by atoms with Crippen molar-refractivity contribution in [1.29, 1.82) is 0 Å². The summed E-state index contributed by atoms with van der Waals surface area (Å²) in [5.74, 6) is 0.729. The Balaban J connectivity index is 2.06. The molecule has 1 amide bonds. The highest BCUT2D eigenvalue weighted by Crippen LogP contribution is 2.33. The second kappa shape index (κ2) is 7.37. The van der Waals surface area contributed by atoms with Crippen molar-refractivity contribution in [3.8, 4) is 11.5 Å². The van der Waals surface area contributed by atoms with Crippen LogP contribution in [-0.4, -0.2) is 45.9 Å². The van der Waals surface area contributed by atoms with Gasteiger partial charge in [0.2, 0.25) is 5.91 Å². The van der Waals surface area contributed by atoms with Gasteiger partial charge in [0.15, 0.2) is 11.5 Å². The lowest BCUT2D eigenvalue weighted by atomic mass is 9.97. The fourth-order valence-electron chi connectivity index (χ4n) is 2.72. The van der Waals surface area contributed by atoms with Crippen LogP contribution in [0.15, 0.2) is 12.1 Å². The molecule has 9 heteroatoms. The van der Waals surface area contributed by atoms with Crippen molar-refractivity contribution in [2.24, 2.45) is 11.1 Å². The molecule has 0 unspecified atom stereocenters. The molecule has 1 aliphatic heterocycles. The molecule has 1 aromatic carbocycles. The summed E-state index contributed by atoms with van der Waals surface area (Å²) in [6.07, 6.45) is 0.878. The number of nitrogens with two attached hydrogens (primary N) is 1. The minimum absolute atomic E-state index is 0.139. The lowest BCUT2D eigenvalue weighted by Crippen LogP contribution is -2.44. The van der Waals surface area contributed by atoms with Crippen molar-refractivity contribution in [2.45, 2.75) is 19.8 Å². The van der Waals surface area contributed by atoms with E-state index in [0.717, 1.165) is 5.56 Å². The van der Waals surface area contributed by atoms with Gasteiger partial charge in [-0.1, -0.05) is 0 Å². The van der Waals surface area contributed by atoms with Crippen molar-refractivity contribution in [3.63, 3.8) is 0 Å². The first-order valence-electron chi connectivity index (χ1n) is 7.57. The molecule has 0 atom stereocenters. The number of ether oxygens (including phenoxy) is 2. The Labute approximate surface area is 142 Å². The number of benzene rings is 1. The summed E-state index contributed by atoms with van der Waals surface area (Å²) in [5, 5.41) is 7.99. The Kier molecular flexibility index (Phi) is 5.68. The highest BCUT2D eigenvalue weighted by atomic mass is 32.2. The van der Waals surface area contributed by atoms with E-state index in [2.05, 4.69) is 5.32 Å². The van der Waals surface area contributed by atoms with E-state index in [9.17, 15) is 13.2 Å². The molecule has 0 saturated carbocycles. The molecule has 0 aromatic heterocycles. The van der Waals surface area contributed by atoms with Gasteiger partial charge in [-0.05, 0) is 31.4 Å². The Bertz CT molecular complexity index is 712. The van der Waals surface area contributed by atoms with Crippen LogP contribution >= 0.6 is 0 Å². The molecule has 0 aliphatic carbocycles. The number of hydrogen-bond acceptors (Lipinski definition) is 5. The predicted molar refractivity (Wildman–Crippen MR) is 90.3 cm³/mol. The van der Waals surface area contributed by atoms with Crippen LogP contribution in [0, 0.1) is 12.8 Å². The van der Waals surface area contributed by atoms with Crippen LogP contribution in [0.1, 0.15) is 18.4 Å². The van der Waals surface area contributed by atoms with Gasteiger partial charge in [0.25, 0.3) is 10.2 Å². The van der Waals surface area contributed by atoms with Gasteiger partial charge in [-0.15, -0.1) is 0 Å². The number of hydrogen-bond donors (Lipinski definition) is 2. The molecule has 1 aliphatic rings. The normalized spacial score (nSPS) is 16.7. The van der Waals surface area contributed by atoms with Gasteiger partial charge in [-0.3, -0.25) is 4.79 Å². The smallest absolute Gasteiger partial charge is 0.276 e. The molecule has 134 valence electrons. The number of methoxy groups -OCH3 is 2. The molecule has 3 N–H and O–H groups in total. The number of piperidine rings is 1. The maximum atomic E-state index is 12.4. The average molecular weight is 357 g/mol. The van der Waals surface area contributed by atoms with E-state index in [4.69, 9.17) is 14.6 Å². The summed E-state index contributed by atoms with van der Waals surface area (Å²) in [5.41, 5.74) is 1.49. The molecule has 1 saturated heterocycles. The van der Waals surface area contributed by atoms with E-state index in [1.54, 1.807) is 19.2 Å². The molecule has 2 rings (SSSR count). The number of carbonyl (C=O) groups is 1. The quantitative estimate of drug-likeness (QED) is 0.812. The van der Waals surface area contributed by atoms with E-state index in [1.165, 1.54) is 11.4 Å². The van der Waals surface area contributed by atoms with Crippen LogP contribution in [0.3, 0.4) is 0 Å². The zero-order chi connectivity index (χ0) is 17.9. The summed E-state index contributed by atoms with van der Waals surface area (Å²) in [6, 6.07) is 3.50. The Hall–Kier alpha value is -1.84. The molecule has 24 heavy (non-hydrogen) atoms. The van der Waals surface area contributed by atoms with Gasteiger partial charge in [0.05, 0.1) is 14.2 Å². The number of carbonyl (C=O) groups excluding carboxylic acids is 1. The van der Waals surface area contributed by atoms with Gasteiger partial charge in [-0.25, -0.2) is 5.14 Å². The Morgan fingerprint density at radius 3 is 2.25 bits per heavy atom. The van der Waals surface area contributed by atoms with E-state index in [1.807, 2.05) is 6.92 Å². The van der Waals surface area contributed by atoms with Crippen molar-refractivity contribution in [2.75, 3.05) is 32.6 Å². The SMILES string of the molecule is COc1cc(C)c(NC(=O)C2CCN(S(N)(=O)=O)CC2)cc1OC. The largest absolute Gasteiger partial charge is 0.493 e. The number of nitrogens with one attached hydrogen (secondary N) is 1. The molecular formula is C15H23N3O5S.